The molecule has 114 valence electrons. The van der Waals surface area contributed by atoms with Crippen LogP contribution >= 0.6 is 0 Å². The summed E-state index contributed by atoms with van der Waals surface area (Å²) < 4.78 is 2.25. The van der Waals surface area contributed by atoms with Gasteiger partial charge in [-0.1, -0.05) is 20.3 Å². The van der Waals surface area contributed by atoms with Crippen molar-refractivity contribution in [2.24, 2.45) is 5.41 Å². The van der Waals surface area contributed by atoms with Gasteiger partial charge in [-0.25, -0.2) is 4.98 Å². The van der Waals surface area contributed by atoms with E-state index in [-0.39, 0.29) is 0 Å². The second-order valence-corrected chi connectivity index (χ2v) is 7.18. The second-order valence-electron chi connectivity index (χ2n) is 7.18. The number of aromatic nitrogens is 2. The number of fused-ring (bicyclic) bond motifs is 1. The van der Waals surface area contributed by atoms with Crippen molar-refractivity contribution in [3.63, 3.8) is 0 Å². The highest BCUT2D eigenvalue weighted by atomic mass is 16.3. The highest BCUT2D eigenvalue weighted by Crippen LogP contribution is 2.43. The summed E-state index contributed by atoms with van der Waals surface area (Å²) in [5.41, 5.74) is 8.91. The topological polar surface area (TPSA) is 64.1 Å². The van der Waals surface area contributed by atoms with Gasteiger partial charge in [0.2, 0.25) is 0 Å². The number of rotatable bonds is 2. The molecule has 4 nitrogen and oxygen atoms in total. The Bertz CT molecular complexity index is 657. The Morgan fingerprint density at radius 2 is 2.19 bits per heavy atom. The SMILES string of the molecule is CC(O)c1nc2cc(N)ccc2n1C1CCCC(C)(C)C1. The third-order valence-electron chi connectivity index (χ3n) is 4.66. The number of hydrogen-bond donors (Lipinski definition) is 2. The predicted octanol–water partition coefficient (Wildman–Crippen LogP) is 3.81. The third-order valence-corrected chi connectivity index (χ3v) is 4.66. The standard InChI is InChI=1S/C17H25N3O/c1-11(21)16-19-14-9-12(18)6-7-15(14)20(16)13-5-4-8-17(2,3)10-13/h6-7,9,11,13,21H,4-5,8,10,18H2,1-3H3. The molecule has 1 heterocycles. The highest BCUT2D eigenvalue weighted by molar-refractivity contribution is 5.80. The smallest absolute Gasteiger partial charge is 0.138 e. The zero-order valence-electron chi connectivity index (χ0n) is 13.1. The van der Waals surface area contributed by atoms with Crippen LogP contribution in [0, 0.1) is 5.41 Å². The quantitative estimate of drug-likeness (QED) is 0.825. The largest absolute Gasteiger partial charge is 0.399 e. The van der Waals surface area contributed by atoms with Gasteiger partial charge in [-0.05, 0) is 49.8 Å². The molecule has 1 aromatic carbocycles. The fourth-order valence-corrected chi connectivity index (χ4v) is 3.69. The van der Waals surface area contributed by atoms with E-state index in [4.69, 9.17) is 5.73 Å². The Hall–Kier alpha value is -1.55. The molecule has 3 N–H and O–H groups in total. The lowest BCUT2D eigenvalue weighted by Gasteiger charge is -2.37. The molecule has 1 aromatic heterocycles. The Morgan fingerprint density at radius 1 is 1.43 bits per heavy atom. The number of imidazole rings is 1. The number of nitrogen functional groups attached to an aromatic ring is 1. The molecule has 0 bridgehead atoms. The van der Waals surface area contributed by atoms with E-state index in [1.807, 2.05) is 18.2 Å². The molecular weight excluding hydrogens is 262 g/mol. The van der Waals surface area contributed by atoms with E-state index in [2.05, 4.69) is 23.4 Å². The van der Waals surface area contributed by atoms with Crippen molar-refractivity contribution in [3.8, 4) is 0 Å². The number of aliphatic hydroxyl groups excluding tert-OH is 1. The van der Waals surface area contributed by atoms with E-state index in [9.17, 15) is 5.11 Å². The van der Waals surface area contributed by atoms with Crippen LogP contribution in [-0.2, 0) is 0 Å². The first-order valence-corrected chi connectivity index (χ1v) is 7.83. The molecule has 1 fully saturated rings. The number of anilines is 1. The van der Waals surface area contributed by atoms with Crippen molar-refractivity contribution in [3.05, 3.63) is 24.0 Å². The van der Waals surface area contributed by atoms with Crippen LogP contribution in [0.1, 0.15) is 64.4 Å². The van der Waals surface area contributed by atoms with E-state index in [0.29, 0.717) is 17.1 Å². The summed E-state index contributed by atoms with van der Waals surface area (Å²) in [5, 5.41) is 10.1. The lowest BCUT2D eigenvalue weighted by atomic mass is 9.75. The van der Waals surface area contributed by atoms with Gasteiger partial charge in [0, 0.05) is 11.7 Å². The van der Waals surface area contributed by atoms with Crippen LogP contribution in [0.2, 0.25) is 0 Å². The number of nitrogens with zero attached hydrogens (tertiary/aromatic N) is 2. The van der Waals surface area contributed by atoms with Crippen molar-refractivity contribution < 1.29 is 5.11 Å². The van der Waals surface area contributed by atoms with Gasteiger partial charge in [-0.15, -0.1) is 0 Å². The van der Waals surface area contributed by atoms with Crippen LogP contribution < -0.4 is 5.73 Å². The van der Waals surface area contributed by atoms with Crippen LogP contribution in [0.3, 0.4) is 0 Å². The van der Waals surface area contributed by atoms with Crippen molar-refractivity contribution in [1.29, 1.82) is 0 Å². The summed E-state index contributed by atoms with van der Waals surface area (Å²) in [5.74, 6) is 0.762. The molecule has 0 aliphatic heterocycles. The molecule has 3 rings (SSSR count). The zero-order chi connectivity index (χ0) is 15.2. The molecule has 4 heteroatoms. The summed E-state index contributed by atoms with van der Waals surface area (Å²) >= 11 is 0. The van der Waals surface area contributed by atoms with Gasteiger partial charge in [0.05, 0.1) is 11.0 Å². The van der Waals surface area contributed by atoms with Crippen molar-refractivity contribution in [2.45, 2.75) is 58.6 Å². The Kier molecular flexibility index (Phi) is 3.44. The van der Waals surface area contributed by atoms with E-state index >= 15 is 0 Å². The number of aliphatic hydroxyl groups is 1. The average molecular weight is 287 g/mol. The summed E-state index contributed by atoms with van der Waals surface area (Å²) in [4.78, 5) is 4.63. The van der Waals surface area contributed by atoms with Crippen LogP contribution in [0.5, 0.6) is 0 Å². The monoisotopic (exact) mass is 287 g/mol. The molecule has 0 spiro atoms. The van der Waals surface area contributed by atoms with Gasteiger partial charge in [0.15, 0.2) is 0 Å². The van der Waals surface area contributed by atoms with Gasteiger partial charge in [-0.3, -0.25) is 0 Å². The van der Waals surface area contributed by atoms with E-state index in [1.165, 1.54) is 12.8 Å². The molecule has 2 unspecified atom stereocenters. The number of benzene rings is 1. The first-order valence-electron chi connectivity index (χ1n) is 7.83. The van der Waals surface area contributed by atoms with Gasteiger partial charge in [0.1, 0.15) is 11.9 Å². The predicted molar refractivity (Wildman–Crippen MR) is 86.1 cm³/mol. The normalized spacial score (nSPS) is 23.3. The molecule has 0 amide bonds. The summed E-state index contributed by atoms with van der Waals surface area (Å²) in [6.45, 7) is 6.45. The maximum Gasteiger partial charge on any atom is 0.138 e. The summed E-state index contributed by atoms with van der Waals surface area (Å²) in [6.07, 6.45) is 4.21. The molecule has 2 atom stereocenters. The van der Waals surface area contributed by atoms with Crippen LogP contribution in [0.4, 0.5) is 5.69 Å². The summed E-state index contributed by atoms with van der Waals surface area (Å²) in [7, 11) is 0. The van der Waals surface area contributed by atoms with Gasteiger partial charge in [-0.2, -0.15) is 0 Å². The molecular formula is C17H25N3O. The fraction of sp³-hybridized carbons (Fsp3) is 0.588. The zero-order valence-corrected chi connectivity index (χ0v) is 13.1. The van der Waals surface area contributed by atoms with Crippen LogP contribution in [0.15, 0.2) is 18.2 Å². The molecule has 1 aliphatic rings. The Labute approximate surface area is 126 Å². The minimum atomic E-state index is -0.566. The van der Waals surface area contributed by atoms with Crippen LogP contribution in [0.25, 0.3) is 11.0 Å². The maximum absolute atomic E-state index is 10.1. The van der Waals surface area contributed by atoms with Gasteiger partial charge in [0.25, 0.3) is 0 Å². The number of nitrogens with two attached hydrogens (primary N) is 1. The van der Waals surface area contributed by atoms with E-state index in [1.54, 1.807) is 6.92 Å². The van der Waals surface area contributed by atoms with Crippen LogP contribution in [-0.4, -0.2) is 14.7 Å². The first kappa shape index (κ1) is 14.4. The lowest BCUT2D eigenvalue weighted by Crippen LogP contribution is -2.26. The molecule has 2 aromatic rings. The molecule has 1 aliphatic carbocycles. The Balaban J connectivity index is 2.13. The minimum Gasteiger partial charge on any atom is -0.399 e. The van der Waals surface area contributed by atoms with Crippen molar-refractivity contribution >= 4 is 16.7 Å². The van der Waals surface area contributed by atoms with E-state index < -0.39 is 6.10 Å². The highest BCUT2D eigenvalue weighted by Gasteiger charge is 2.31. The third kappa shape index (κ3) is 2.64. The second kappa shape index (κ2) is 5.02. The maximum atomic E-state index is 10.1. The first-order chi connectivity index (χ1) is 9.87. The van der Waals surface area contributed by atoms with Gasteiger partial charge >= 0.3 is 0 Å². The van der Waals surface area contributed by atoms with Crippen molar-refractivity contribution in [2.75, 3.05) is 5.73 Å². The molecule has 21 heavy (non-hydrogen) atoms. The lowest BCUT2D eigenvalue weighted by molar-refractivity contribution is 0.155. The minimum absolute atomic E-state index is 0.350. The Morgan fingerprint density at radius 3 is 2.86 bits per heavy atom. The van der Waals surface area contributed by atoms with E-state index in [0.717, 1.165) is 29.7 Å². The fourth-order valence-electron chi connectivity index (χ4n) is 3.69. The molecule has 1 saturated carbocycles. The van der Waals surface area contributed by atoms with Crippen molar-refractivity contribution in [1.82, 2.24) is 9.55 Å². The molecule has 0 radical (unpaired) electrons. The average Bonchev–Trinajstić information content (AvgIpc) is 2.76. The van der Waals surface area contributed by atoms with Gasteiger partial charge < -0.3 is 15.4 Å². The number of hydrogen-bond acceptors (Lipinski definition) is 3. The molecule has 0 saturated heterocycles. The summed E-state index contributed by atoms with van der Waals surface area (Å²) in [6, 6.07) is 6.25.